The molecule has 0 saturated heterocycles. The van der Waals surface area contributed by atoms with Gasteiger partial charge in [-0.15, -0.1) is 5.04 Å². The Kier molecular flexibility index (Phi) is 6.69. The molecule has 31 heavy (non-hydrogen) atoms. The highest BCUT2D eigenvalue weighted by Gasteiger charge is 2.20. The van der Waals surface area contributed by atoms with E-state index >= 15 is 0 Å². The predicted molar refractivity (Wildman–Crippen MR) is 138 cm³/mol. The van der Waals surface area contributed by atoms with Crippen molar-refractivity contribution in [1.29, 1.82) is 0 Å². The third-order valence-electron chi connectivity index (χ3n) is 5.57. The molecule has 154 valence electrons. The van der Waals surface area contributed by atoms with Gasteiger partial charge in [-0.1, -0.05) is 141 Å². The van der Waals surface area contributed by atoms with Crippen LogP contribution in [-0.2, 0) is 0 Å². The van der Waals surface area contributed by atoms with Crippen LogP contribution in [0.1, 0.15) is 37.4 Å². The zero-order chi connectivity index (χ0) is 21.7. The molecular formula is C29H29Si2-. The van der Waals surface area contributed by atoms with Crippen LogP contribution in [0.25, 0.3) is 0 Å². The molecule has 0 heterocycles. The van der Waals surface area contributed by atoms with Crippen molar-refractivity contribution in [2.45, 2.75) is 31.4 Å². The zero-order valence-electron chi connectivity index (χ0n) is 18.5. The average Bonchev–Trinajstić information content (AvgIpc) is 2.79. The molecule has 0 nitrogen and oxygen atoms in total. The third kappa shape index (κ3) is 5.15. The highest BCUT2D eigenvalue weighted by Crippen LogP contribution is 2.27. The largest absolute Gasteiger partial charge is 0.245 e. The monoisotopic (exact) mass is 433 g/mol. The van der Waals surface area contributed by atoms with Crippen molar-refractivity contribution in [2.24, 2.45) is 0 Å². The molecule has 2 heteroatoms. The van der Waals surface area contributed by atoms with Crippen LogP contribution in [0.5, 0.6) is 0 Å². The highest BCUT2D eigenvalue weighted by molar-refractivity contribution is 6.90. The van der Waals surface area contributed by atoms with Crippen molar-refractivity contribution >= 4 is 33.9 Å². The molecule has 0 unspecified atom stereocenters. The van der Waals surface area contributed by atoms with Crippen LogP contribution in [0, 0.1) is 0 Å². The lowest BCUT2D eigenvalue weighted by Crippen LogP contribution is -2.55. The summed E-state index contributed by atoms with van der Waals surface area (Å²) in [5.41, 5.74) is 3.17. The first-order valence-electron chi connectivity index (χ1n) is 10.9. The van der Waals surface area contributed by atoms with Crippen molar-refractivity contribution < 1.29 is 0 Å². The minimum atomic E-state index is -0.946. The number of hydrogen-bond acceptors (Lipinski definition) is 0. The van der Waals surface area contributed by atoms with E-state index in [2.05, 4.69) is 136 Å². The van der Waals surface area contributed by atoms with Gasteiger partial charge in [-0.05, 0) is 11.1 Å². The molecule has 0 aliphatic heterocycles. The summed E-state index contributed by atoms with van der Waals surface area (Å²) in [6.07, 6.45) is 0. The van der Waals surface area contributed by atoms with Gasteiger partial charge in [-0.2, -0.15) is 10.4 Å². The van der Waals surface area contributed by atoms with E-state index in [0.717, 1.165) is 0 Å². The van der Waals surface area contributed by atoms with Crippen LogP contribution < -0.4 is 15.6 Å². The van der Waals surface area contributed by atoms with Gasteiger partial charge >= 0.3 is 0 Å². The van der Waals surface area contributed by atoms with Gasteiger partial charge < -0.3 is 0 Å². The predicted octanol–water partition coefficient (Wildman–Crippen LogP) is 5.21. The van der Waals surface area contributed by atoms with E-state index in [1.807, 2.05) is 0 Å². The van der Waals surface area contributed by atoms with E-state index < -0.39 is 8.80 Å². The summed E-state index contributed by atoms with van der Waals surface area (Å²) in [5.74, 6) is 0. The molecule has 0 amide bonds. The molecule has 0 aliphatic rings. The zero-order valence-corrected chi connectivity index (χ0v) is 20.5. The molecule has 4 aromatic rings. The van der Waals surface area contributed by atoms with Gasteiger partial charge in [0, 0.05) is 5.54 Å². The summed E-state index contributed by atoms with van der Waals surface area (Å²) >= 11 is 0. The smallest absolute Gasteiger partial charge is 0.0912 e. The molecular weight excluding hydrogens is 404 g/mol. The summed E-state index contributed by atoms with van der Waals surface area (Å²) < 4.78 is 0. The fourth-order valence-corrected chi connectivity index (χ4v) is 9.41. The van der Waals surface area contributed by atoms with Crippen LogP contribution >= 0.6 is 0 Å². The number of hydrogen-bond donors (Lipinski definition) is 0. The standard InChI is InChI=1S/C29H29Si2/c1-29(2,3)31(25-19-11-6-12-20-25)27-22-14-13-21-26(27)30-28(23-15-7-4-8-16-23)24-17-9-5-10-18-24/h4-22,28H,1-3H3/q-1. The summed E-state index contributed by atoms with van der Waals surface area (Å²) in [5, 5.41) is 4.78. The lowest BCUT2D eigenvalue weighted by molar-refractivity contribution is 0.750. The summed E-state index contributed by atoms with van der Waals surface area (Å²) in [4.78, 5) is 0. The molecule has 2 radical (unpaired) electrons. The fourth-order valence-electron chi connectivity index (χ4n) is 4.23. The van der Waals surface area contributed by atoms with Crippen LogP contribution in [-0.4, -0.2) is 18.3 Å². The number of rotatable bonds is 6. The van der Waals surface area contributed by atoms with E-state index in [9.17, 15) is 0 Å². The molecule has 0 N–H and O–H groups in total. The van der Waals surface area contributed by atoms with Gasteiger partial charge in [0.25, 0.3) is 0 Å². The van der Waals surface area contributed by atoms with Gasteiger partial charge in [-0.25, -0.2) is 8.80 Å². The molecule has 0 saturated carbocycles. The van der Waals surface area contributed by atoms with E-state index in [1.54, 1.807) is 5.19 Å². The second-order valence-corrected chi connectivity index (χ2v) is 13.7. The SMILES string of the molecule is CC(C)(C)[Si-](c1ccccc1)c1ccccc1[Si]C(c1ccccc1)c1ccccc1. The Hall–Kier alpha value is -2.69. The molecule has 0 bridgehead atoms. The van der Waals surface area contributed by atoms with Gasteiger partial charge in [0.05, 0.1) is 9.52 Å². The highest BCUT2D eigenvalue weighted by atomic mass is 28.3. The normalized spacial score (nSPS) is 11.5. The lowest BCUT2D eigenvalue weighted by Gasteiger charge is -2.47. The quantitative estimate of drug-likeness (QED) is 0.366. The Morgan fingerprint density at radius 1 is 0.581 bits per heavy atom. The fraction of sp³-hybridized carbons (Fsp3) is 0.172. The molecule has 0 aromatic heterocycles. The van der Waals surface area contributed by atoms with E-state index in [4.69, 9.17) is 0 Å². The molecule has 4 rings (SSSR count). The Balaban J connectivity index is 1.80. The van der Waals surface area contributed by atoms with E-state index in [1.165, 1.54) is 21.5 Å². The molecule has 4 aromatic carbocycles. The maximum Gasteiger partial charge on any atom is 0.0912 e. The van der Waals surface area contributed by atoms with Crippen LogP contribution in [0.2, 0.25) is 5.04 Å². The maximum absolute atomic E-state index is 2.40. The van der Waals surface area contributed by atoms with Gasteiger partial charge in [-0.3, -0.25) is 0 Å². The molecule has 0 spiro atoms. The van der Waals surface area contributed by atoms with Crippen molar-refractivity contribution in [1.82, 2.24) is 0 Å². The van der Waals surface area contributed by atoms with E-state index in [-0.39, 0.29) is 5.04 Å². The first kappa shape index (κ1) is 21.5. The second kappa shape index (κ2) is 9.63. The maximum atomic E-state index is 2.40. The lowest BCUT2D eigenvalue weighted by atomic mass is 10.0. The molecule has 0 atom stereocenters. The summed E-state index contributed by atoms with van der Waals surface area (Å²) in [6.45, 7) is 7.21. The van der Waals surface area contributed by atoms with Gasteiger partial charge in [0.15, 0.2) is 0 Å². The third-order valence-corrected chi connectivity index (χ3v) is 10.9. The minimum absolute atomic E-state index is 0.224. The van der Waals surface area contributed by atoms with Crippen LogP contribution in [0.3, 0.4) is 0 Å². The van der Waals surface area contributed by atoms with Crippen molar-refractivity contribution in [2.75, 3.05) is 0 Å². The van der Waals surface area contributed by atoms with Gasteiger partial charge in [0.1, 0.15) is 0 Å². The first-order valence-corrected chi connectivity index (χ1v) is 13.5. The minimum Gasteiger partial charge on any atom is -0.245 e. The van der Waals surface area contributed by atoms with Crippen molar-refractivity contribution in [3.63, 3.8) is 0 Å². The van der Waals surface area contributed by atoms with E-state index in [0.29, 0.717) is 15.1 Å². The van der Waals surface area contributed by atoms with Crippen LogP contribution in [0.15, 0.2) is 115 Å². The Labute approximate surface area is 191 Å². The average molecular weight is 434 g/mol. The number of benzene rings is 4. The van der Waals surface area contributed by atoms with Crippen molar-refractivity contribution in [3.05, 3.63) is 126 Å². The summed E-state index contributed by atoms with van der Waals surface area (Å²) in [7, 11) is -0.254. The van der Waals surface area contributed by atoms with Crippen LogP contribution in [0.4, 0.5) is 0 Å². The Morgan fingerprint density at radius 2 is 1.03 bits per heavy atom. The summed E-state index contributed by atoms with van der Waals surface area (Å²) in [6, 6.07) is 42.3. The molecule has 0 aliphatic carbocycles. The Bertz CT molecular complexity index is 1040. The first-order chi connectivity index (χ1) is 15.0. The Morgan fingerprint density at radius 3 is 1.55 bits per heavy atom. The molecule has 0 fully saturated rings. The van der Waals surface area contributed by atoms with Crippen molar-refractivity contribution in [3.8, 4) is 0 Å². The van der Waals surface area contributed by atoms with Gasteiger partial charge in [0.2, 0.25) is 0 Å². The second-order valence-electron chi connectivity index (χ2n) is 8.94. The topological polar surface area (TPSA) is 0 Å².